The molecule has 0 aromatic carbocycles. The Hall–Kier alpha value is 0.423. The van der Waals surface area contributed by atoms with Crippen LogP contribution >= 0.6 is 23.2 Å². The Labute approximate surface area is 128 Å². The molecule has 0 amide bonds. The molecule has 0 bridgehead atoms. The molecule has 0 atom stereocenters. The smallest absolute Gasteiger partial charge is 0.273 e. The molecule has 0 aromatic rings. The van der Waals surface area contributed by atoms with Crippen LogP contribution in [0, 0.1) is 12.2 Å². The van der Waals surface area contributed by atoms with Crippen LogP contribution in [0.4, 0.5) is 0 Å². The van der Waals surface area contributed by atoms with E-state index >= 15 is 0 Å². The van der Waals surface area contributed by atoms with Gasteiger partial charge in [0.05, 0.1) is 5.34 Å². The summed E-state index contributed by atoms with van der Waals surface area (Å²) in [5, 5.41) is 0.194. The molecule has 2 aliphatic rings. The molecule has 0 unspecified atom stereocenters. The van der Waals surface area contributed by atoms with Crippen LogP contribution in [0.3, 0.4) is 0 Å². The van der Waals surface area contributed by atoms with Crippen LogP contribution in [0.5, 0.6) is 0 Å². The molecule has 0 aromatic heterocycles. The van der Waals surface area contributed by atoms with Gasteiger partial charge in [-0.15, -0.1) is 49.9 Å². The van der Waals surface area contributed by atoms with E-state index in [1.54, 1.807) is 0 Å². The number of allylic oxidation sites excluding steroid dienone is 8. The van der Waals surface area contributed by atoms with Crippen LogP contribution in [0.2, 0.25) is 0 Å². The third-order valence-corrected chi connectivity index (χ3v) is 1.74. The van der Waals surface area contributed by atoms with Crippen molar-refractivity contribution < 1.29 is 26.2 Å². The standard InChI is InChI=1S/2C6H7.CH2Cl2.Zr/c2*1-6-4-2-3-5-6;2-1-3;/h2*4-5H,2H2,1H3;1H2;/q2*-1;;+2. The first-order valence-corrected chi connectivity index (χ1v) is 5.86. The van der Waals surface area contributed by atoms with Crippen LogP contribution in [0.1, 0.15) is 26.7 Å². The molecule has 16 heavy (non-hydrogen) atoms. The van der Waals surface area contributed by atoms with E-state index in [4.69, 9.17) is 23.2 Å². The molecule has 0 fully saturated rings. The van der Waals surface area contributed by atoms with Crippen molar-refractivity contribution in [1.82, 2.24) is 0 Å². The second-order valence-corrected chi connectivity index (χ2v) is 3.91. The minimum Gasteiger partial charge on any atom is -0.273 e. The topological polar surface area (TPSA) is 0 Å². The molecular weight excluding hydrogens is 318 g/mol. The summed E-state index contributed by atoms with van der Waals surface area (Å²) in [6.45, 7) is 4.17. The van der Waals surface area contributed by atoms with Gasteiger partial charge in [-0.1, -0.05) is 0 Å². The normalized spacial score (nSPS) is 15.0. The maximum atomic E-state index is 4.76. The Bertz CT molecular complexity index is 242. The maximum absolute atomic E-state index is 4.76. The molecule has 86 valence electrons. The Morgan fingerprint density at radius 1 is 1.00 bits per heavy atom. The van der Waals surface area contributed by atoms with Crippen molar-refractivity contribution in [3.05, 3.63) is 47.6 Å². The first-order valence-electron chi connectivity index (χ1n) is 4.79. The molecule has 0 saturated carbocycles. The van der Waals surface area contributed by atoms with Crippen molar-refractivity contribution in [3.8, 4) is 0 Å². The predicted molar refractivity (Wildman–Crippen MR) is 68.9 cm³/mol. The molecule has 0 radical (unpaired) electrons. The van der Waals surface area contributed by atoms with Gasteiger partial charge in [0.25, 0.3) is 0 Å². The molecule has 2 rings (SSSR count). The summed E-state index contributed by atoms with van der Waals surface area (Å²) in [4.78, 5) is 0. The van der Waals surface area contributed by atoms with E-state index in [0.29, 0.717) is 0 Å². The summed E-state index contributed by atoms with van der Waals surface area (Å²) in [5.74, 6) is 0. The van der Waals surface area contributed by atoms with E-state index in [0.717, 1.165) is 12.8 Å². The van der Waals surface area contributed by atoms with Gasteiger partial charge in [-0.2, -0.15) is 12.2 Å². The van der Waals surface area contributed by atoms with Gasteiger partial charge in [-0.05, 0) is 0 Å². The maximum Gasteiger partial charge on any atom is 2.00 e. The van der Waals surface area contributed by atoms with E-state index in [-0.39, 0.29) is 31.5 Å². The molecule has 0 nitrogen and oxygen atoms in total. The van der Waals surface area contributed by atoms with E-state index in [9.17, 15) is 0 Å². The zero-order valence-electron chi connectivity index (χ0n) is 9.69. The Morgan fingerprint density at radius 3 is 1.38 bits per heavy atom. The largest absolute Gasteiger partial charge is 2.00 e. The van der Waals surface area contributed by atoms with Gasteiger partial charge in [0.2, 0.25) is 0 Å². The first-order chi connectivity index (χ1) is 7.20. The minimum absolute atomic E-state index is 0. The summed E-state index contributed by atoms with van der Waals surface area (Å²) >= 11 is 9.53. The van der Waals surface area contributed by atoms with Crippen molar-refractivity contribution in [2.75, 3.05) is 5.34 Å². The Balaban J connectivity index is 0. The molecule has 3 heteroatoms. The van der Waals surface area contributed by atoms with Gasteiger partial charge in [0.1, 0.15) is 0 Å². The van der Waals surface area contributed by atoms with Crippen molar-refractivity contribution >= 4 is 23.2 Å². The zero-order chi connectivity index (χ0) is 11.5. The predicted octanol–water partition coefficient (Wildman–Crippen LogP) is 4.81. The van der Waals surface area contributed by atoms with Crippen LogP contribution in [0.25, 0.3) is 0 Å². The van der Waals surface area contributed by atoms with E-state index < -0.39 is 0 Å². The molecule has 0 spiro atoms. The van der Waals surface area contributed by atoms with Gasteiger partial charge in [0, 0.05) is 0 Å². The fourth-order valence-corrected chi connectivity index (χ4v) is 0.998. The molecule has 0 aliphatic heterocycles. The molecular formula is C13H16Cl2Zr. The van der Waals surface area contributed by atoms with Crippen LogP contribution < -0.4 is 0 Å². The van der Waals surface area contributed by atoms with Gasteiger partial charge >= 0.3 is 26.2 Å². The van der Waals surface area contributed by atoms with E-state index in [1.165, 1.54) is 11.1 Å². The molecule has 0 heterocycles. The van der Waals surface area contributed by atoms with Gasteiger partial charge in [-0.3, -0.25) is 12.2 Å². The number of alkyl halides is 2. The summed E-state index contributed by atoms with van der Waals surface area (Å²) in [6.07, 6.45) is 16.5. The third kappa shape index (κ3) is 12.5. The van der Waals surface area contributed by atoms with Gasteiger partial charge < -0.3 is 0 Å². The number of rotatable bonds is 0. The average Bonchev–Trinajstić information content (AvgIpc) is 2.81. The number of hydrogen-bond donors (Lipinski definition) is 0. The minimum atomic E-state index is 0. The van der Waals surface area contributed by atoms with Crippen LogP contribution in [-0.2, 0) is 26.2 Å². The fourth-order valence-electron chi connectivity index (χ4n) is 0.998. The number of hydrogen-bond acceptors (Lipinski definition) is 0. The van der Waals surface area contributed by atoms with Crippen LogP contribution in [-0.4, -0.2) is 5.34 Å². The Morgan fingerprint density at radius 2 is 1.31 bits per heavy atom. The Kier molecular flexibility index (Phi) is 15.8. The summed E-state index contributed by atoms with van der Waals surface area (Å²) in [7, 11) is 0. The second kappa shape index (κ2) is 13.5. The van der Waals surface area contributed by atoms with Crippen LogP contribution in [0.15, 0.2) is 35.5 Å². The van der Waals surface area contributed by atoms with Gasteiger partial charge in [0.15, 0.2) is 0 Å². The average molecular weight is 334 g/mol. The third-order valence-electron chi connectivity index (χ3n) is 1.74. The van der Waals surface area contributed by atoms with Crippen molar-refractivity contribution in [3.63, 3.8) is 0 Å². The van der Waals surface area contributed by atoms with Crippen molar-refractivity contribution in [2.45, 2.75) is 26.7 Å². The molecule has 2 aliphatic carbocycles. The summed E-state index contributed by atoms with van der Waals surface area (Å²) in [5.41, 5.74) is 2.69. The van der Waals surface area contributed by atoms with E-state index in [2.05, 4.69) is 38.2 Å². The van der Waals surface area contributed by atoms with Crippen molar-refractivity contribution in [1.29, 1.82) is 0 Å². The molecule has 0 saturated heterocycles. The van der Waals surface area contributed by atoms with E-state index in [1.807, 2.05) is 12.2 Å². The SMILES string of the molecule is CC1=CC[C-]=C1.CC1=CC[C-]=C1.ClCCl.[Zr+2]. The monoisotopic (exact) mass is 332 g/mol. The zero-order valence-corrected chi connectivity index (χ0v) is 13.7. The summed E-state index contributed by atoms with van der Waals surface area (Å²) < 4.78 is 0. The quantitative estimate of drug-likeness (QED) is 0.440. The second-order valence-electron chi connectivity index (χ2n) is 3.10. The fraction of sp³-hybridized carbons (Fsp3) is 0.385. The first kappa shape index (κ1) is 18.8. The number of halogens is 2. The molecule has 0 N–H and O–H groups in total. The van der Waals surface area contributed by atoms with Gasteiger partial charge in [-0.25, -0.2) is 23.3 Å². The summed E-state index contributed by atoms with van der Waals surface area (Å²) in [6, 6.07) is 0. The van der Waals surface area contributed by atoms with Crippen molar-refractivity contribution in [2.24, 2.45) is 0 Å².